The monoisotopic (exact) mass is 378 g/mol. The Morgan fingerprint density at radius 1 is 1.07 bits per heavy atom. The number of hydrogen-bond donors (Lipinski definition) is 3. The van der Waals surface area contributed by atoms with Gasteiger partial charge in [0.1, 0.15) is 0 Å². The summed E-state index contributed by atoms with van der Waals surface area (Å²) >= 11 is 0. The van der Waals surface area contributed by atoms with E-state index in [0.717, 1.165) is 68.4 Å². The van der Waals surface area contributed by atoms with Gasteiger partial charge in [-0.1, -0.05) is 18.2 Å². The van der Waals surface area contributed by atoms with Crippen molar-refractivity contribution in [3.8, 4) is 0 Å². The van der Waals surface area contributed by atoms with Crippen molar-refractivity contribution in [3.05, 3.63) is 54.1 Å². The van der Waals surface area contributed by atoms with E-state index in [9.17, 15) is 4.79 Å². The number of para-hydroxylation sites is 1. The number of nitrogens with one attached hydrogen (secondary N) is 3. The van der Waals surface area contributed by atoms with Crippen molar-refractivity contribution in [2.24, 2.45) is 0 Å². The third-order valence-electron chi connectivity index (χ3n) is 6.11. The van der Waals surface area contributed by atoms with Crippen molar-refractivity contribution >= 4 is 23.0 Å². The van der Waals surface area contributed by atoms with Crippen LogP contribution in [0.2, 0.25) is 0 Å². The predicted molar refractivity (Wildman–Crippen MR) is 111 cm³/mol. The van der Waals surface area contributed by atoms with Gasteiger partial charge in [-0.3, -0.25) is 9.69 Å². The van der Waals surface area contributed by atoms with E-state index in [1.54, 1.807) is 0 Å². The highest BCUT2D eigenvalue weighted by molar-refractivity contribution is 6.10. The van der Waals surface area contributed by atoms with Crippen LogP contribution in [0.3, 0.4) is 0 Å². The van der Waals surface area contributed by atoms with Gasteiger partial charge in [0, 0.05) is 49.3 Å². The number of hydrogen-bond acceptors (Lipinski definition) is 5. The predicted octanol–water partition coefficient (Wildman–Crippen LogP) is 2.51. The van der Waals surface area contributed by atoms with E-state index in [4.69, 9.17) is 4.74 Å². The second-order valence-electron chi connectivity index (χ2n) is 7.83. The molecule has 2 unspecified atom stereocenters. The molecule has 1 spiro atoms. The van der Waals surface area contributed by atoms with E-state index in [1.165, 1.54) is 0 Å². The van der Waals surface area contributed by atoms with Gasteiger partial charge in [-0.15, -0.1) is 0 Å². The minimum atomic E-state index is -0.397. The number of ether oxygens (including phenoxy) is 1. The molecule has 0 aromatic heterocycles. The maximum atomic E-state index is 12.5. The van der Waals surface area contributed by atoms with E-state index >= 15 is 0 Å². The van der Waals surface area contributed by atoms with Gasteiger partial charge in [-0.2, -0.15) is 0 Å². The van der Waals surface area contributed by atoms with Crippen LogP contribution < -0.4 is 16.0 Å². The van der Waals surface area contributed by atoms with Crippen molar-refractivity contribution in [2.75, 3.05) is 55.3 Å². The van der Waals surface area contributed by atoms with Crippen molar-refractivity contribution < 1.29 is 9.53 Å². The summed E-state index contributed by atoms with van der Waals surface area (Å²) in [7, 11) is 0. The summed E-state index contributed by atoms with van der Waals surface area (Å²) < 4.78 is 5.38. The molecule has 1 saturated heterocycles. The molecule has 1 amide bonds. The highest BCUT2D eigenvalue weighted by atomic mass is 16.5. The van der Waals surface area contributed by atoms with Crippen LogP contribution in [-0.4, -0.2) is 56.2 Å². The Balaban J connectivity index is 1.16. The van der Waals surface area contributed by atoms with Crippen LogP contribution >= 0.6 is 0 Å². The fraction of sp³-hybridized carbons (Fsp3) is 0.409. The van der Waals surface area contributed by atoms with Gasteiger partial charge < -0.3 is 20.7 Å². The highest BCUT2D eigenvalue weighted by Gasteiger charge is 2.64. The van der Waals surface area contributed by atoms with Crippen molar-refractivity contribution in [1.29, 1.82) is 0 Å². The van der Waals surface area contributed by atoms with Crippen LogP contribution in [-0.2, 0) is 14.9 Å². The first-order valence-electron chi connectivity index (χ1n) is 10.1. The summed E-state index contributed by atoms with van der Waals surface area (Å²) in [5.74, 6) is 0.118. The molecule has 6 nitrogen and oxygen atoms in total. The highest BCUT2D eigenvalue weighted by Crippen LogP contribution is 2.56. The zero-order chi connectivity index (χ0) is 19.0. The molecule has 5 rings (SSSR count). The number of anilines is 3. The Morgan fingerprint density at radius 3 is 2.64 bits per heavy atom. The third kappa shape index (κ3) is 3.12. The first-order chi connectivity index (χ1) is 13.8. The van der Waals surface area contributed by atoms with Crippen LogP contribution in [0.5, 0.6) is 0 Å². The lowest BCUT2D eigenvalue weighted by molar-refractivity contribution is -0.117. The summed E-state index contributed by atoms with van der Waals surface area (Å²) in [6.07, 6.45) is 0.843. The number of morpholine rings is 1. The van der Waals surface area contributed by atoms with Crippen molar-refractivity contribution in [3.63, 3.8) is 0 Å². The Hall–Kier alpha value is -2.57. The standard InChI is InChI=1S/C22H26N4O2/c27-21-22(18-3-1-2-4-19(18)25-21)15-20(22)24-17-7-5-16(6-8-17)23-9-10-26-11-13-28-14-12-26/h1-8,20,23-24H,9-15H2,(H,25,27). The van der Waals surface area contributed by atoms with E-state index in [1.807, 2.05) is 18.2 Å². The lowest BCUT2D eigenvalue weighted by Gasteiger charge is -2.26. The average Bonchev–Trinajstić information content (AvgIpc) is 3.37. The molecule has 0 radical (unpaired) electrons. The Bertz CT molecular complexity index is 863. The molecule has 2 aromatic carbocycles. The minimum absolute atomic E-state index is 0.118. The van der Waals surface area contributed by atoms with Gasteiger partial charge in [0.15, 0.2) is 0 Å². The summed E-state index contributed by atoms with van der Waals surface area (Å²) in [6.45, 7) is 5.67. The molecule has 2 aromatic rings. The SMILES string of the molecule is O=C1Nc2ccccc2C12CC2Nc1ccc(NCCN2CCOCC2)cc1. The van der Waals surface area contributed by atoms with Crippen LogP contribution in [0, 0.1) is 0 Å². The van der Waals surface area contributed by atoms with Crippen LogP contribution in [0.1, 0.15) is 12.0 Å². The summed E-state index contributed by atoms with van der Waals surface area (Å²) in [5.41, 5.74) is 3.85. The molecule has 2 atom stereocenters. The van der Waals surface area contributed by atoms with E-state index < -0.39 is 5.41 Å². The quantitative estimate of drug-likeness (QED) is 0.721. The minimum Gasteiger partial charge on any atom is -0.384 e. The van der Waals surface area contributed by atoms with E-state index in [2.05, 4.69) is 51.2 Å². The number of carbonyl (C=O) groups is 1. The number of amides is 1. The lowest BCUT2D eigenvalue weighted by atomic mass is 9.97. The van der Waals surface area contributed by atoms with Gasteiger partial charge in [0.25, 0.3) is 0 Å². The summed E-state index contributed by atoms with van der Waals surface area (Å²) in [6, 6.07) is 16.5. The molecule has 1 saturated carbocycles. The van der Waals surface area contributed by atoms with E-state index in [0.29, 0.717) is 0 Å². The van der Waals surface area contributed by atoms with Gasteiger partial charge >= 0.3 is 0 Å². The second kappa shape index (κ2) is 7.11. The number of rotatable bonds is 6. The molecule has 146 valence electrons. The molecule has 1 aliphatic carbocycles. The molecule has 28 heavy (non-hydrogen) atoms. The molecule has 0 bridgehead atoms. The van der Waals surface area contributed by atoms with E-state index in [-0.39, 0.29) is 11.9 Å². The number of fused-ring (bicyclic) bond motifs is 2. The third-order valence-corrected chi connectivity index (χ3v) is 6.11. The Kier molecular flexibility index (Phi) is 4.45. The fourth-order valence-corrected chi connectivity index (χ4v) is 4.39. The average molecular weight is 378 g/mol. The topological polar surface area (TPSA) is 65.6 Å². The summed E-state index contributed by atoms with van der Waals surface area (Å²) in [4.78, 5) is 15.0. The largest absolute Gasteiger partial charge is 0.384 e. The molecular weight excluding hydrogens is 352 g/mol. The molecule has 2 fully saturated rings. The molecule has 2 heterocycles. The van der Waals surface area contributed by atoms with Gasteiger partial charge in [0.05, 0.1) is 18.6 Å². The lowest BCUT2D eigenvalue weighted by Crippen LogP contribution is -2.38. The normalized spacial score (nSPS) is 26.0. The van der Waals surface area contributed by atoms with Crippen LogP contribution in [0.25, 0.3) is 0 Å². The zero-order valence-corrected chi connectivity index (χ0v) is 15.9. The molecule has 2 aliphatic heterocycles. The first kappa shape index (κ1) is 17.5. The summed E-state index contributed by atoms with van der Waals surface area (Å²) in [5, 5.41) is 10.1. The van der Waals surface area contributed by atoms with Crippen molar-refractivity contribution in [2.45, 2.75) is 17.9 Å². The molecule has 6 heteroatoms. The fourth-order valence-electron chi connectivity index (χ4n) is 4.39. The zero-order valence-electron chi connectivity index (χ0n) is 15.9. The van der Waals surface area contributed by atoms with Crippen molar-refractivity contribution in [1.82, 2.24) is 4.90 Å². The smallest absolute Gasteiger partial charge is 0.237 e. The second-order valence-corrected chi connectivity index (χ2v) is 7.83. The Labute approximate surface area is 165 Å². The maximum absolute atomic E-state index is 12.5. The molecular formula is C22H26N4O2. The molecule has 3 N–H and O–H groups in total. The van der Waals surface area contributed by atoms with Gasteiger partial charge in [0.2, 0.25) is 5.91 Å². The first-order valence-corrected chi connectivity index (χ1v) is 10.1. The Morgan fingerprint density at radius 2 is 1.82 bits per heavy atom. The number of carbonyl (C=O) groups excluding carboxylic acids is 1. The van der Waals surface area contributed by atoms with Crippen LogP contribution in [0.4, 0.5) is 17.1 Å². The van der Waals surface area contributed by atoms with Gasteiger partial charge in [-0.25, -0.2) is 0 Å². The van der Waals surface area contributed by atoms with Crippen LogP contribution in [0.15, 0.2) is 48.5 Å². The number of nitrogens with zero attached hydrogens (tertiary/aromatic N) is 1. The molecule has 3 aliphatic rings. The number of benzene rings is 2. The van der Waals surface area contributed by atoms with Gasteiger partial charge in [-0.05, 0) is 42.3 Å². The maximum Gasteiger partial charge on any atom is 0.237 e.